The van der Waals surface area contributed by atoms with Crippen molar-refractivity contribution in [3.63, 3.8) is 0 Å². The maximum Gasteiger partial charge on any atom is 0.0841 e. The van der Waals surface area contributed by atoms with E-state index in [-0.39, 0.29) is 0 Å². The highest BCUT2D eigenvalue weighted by Crippen LogP contribution is 2.44. The van der Waals surface area contributed by atoms with Gasteiger partial charge in [0, 0.05) is 50.6 Å². The molecular weight excluding hydrogens is 991 g/mol. The fraction of sp³-hybridized carbons (Fsp3) is 0. The topological polar surface area (TPSA) is 66.0 Å². The molecule has 0 spiro atoms. The number of aromatic nitrogens is 1. The molecule has 0 unspecified atom stereocenters. The average Bonchev–Trinajstić information content (AvgIpc) is 4.45. The zero-order valence-electron chi connectivity index (χ0n) is 44.0. The fourth-order valence-electron chi connectivity index (χ4n) is 11.6. The number of fused-ring (bicyclic) bond motifs is 5. The summed E-state index contributed by atoms with van der Waals surface area (Å²) < 4.78 is 2.42. The van der Waals surface area contributed by atoms with E-state index in [9.17, 15) is 0 Å². The van der Waals surface area contributed by atoms with Crippen LogP contribution in [0.5, 0.6) is 0 Å². The second kappa shape index (κ2) is 20.2. The van der Waals surface area contributed by atoms with E-state index < -0.39 is 0 Å². The molecule has 13 aromatic rings. The Hall–Kier alpha value is -10.8. The van der Waals surface area contributed by atoms with Gasteiger partial charge in [0.25, 0.3) is 0 Å². The number of rotatable bonds is 12. The highest BCUT2D eigenvalue weighted by Gasteiger charge is 2.25. The van der Waals surface area contributed by atoms with E-state index >= 15 is 0 Å². The number of hydrogen-bond acceptors (Lipinski definition) is 8. The highest BCUT2D eigenvalue weighted by molar-refractivity contribution is 6.12. The van der Waals surface area contributed by atoms with Gasteiger partial charge in [-0.15, -0.1) is 11.1 Å². The third kappa shape index (κ3) is 8.72. The first-order valence-electron chi connectivity index (χ1n) is 27.3. The Morgan fingerprint density at radius 2 is 0.580 bits per heavy atom. The van der Waals surface area contributed by atoms with E-state index in [4.69, 9.17) is 0 Å². The van der Waals surface area contributed by atoms with E-state index in [0.717, 1.165) is 118 Å². The Labute approximate surface area is 470 Å². The molecule has 2 aliphatic heterocycles. The van der Waals surface area contributed by atoms with Crippen molar-refractivity contribution in [2.45, 2.75) is 0 Å². The quantitative estimate of drug-likeness (QED) is 0.0965. The van der Waals surface area contributed by atoms with Gasteiger partial charge in [-0.25, -0.2) is 0 Å². The molecule has 0 saturated carbocycles. The molecule has 0 bridgehead atoms. The molecule has 1 aromatic heterocycles. The Morgan fingerprint density at radius 3 is 0.988 bits per heavy atom. The summed E-state index contributed by atoms with van der Waals surface area (Å²) in [5.41, 5.74) is 36.4. The van der Waals surface area contributed by atoms with Gasteiger partial charge in [0.1, 0.15) is 0 Å². The van der Waals surface area contributed by atoms with Crippen LogP contribution in [-0.2, 0) is 0 Å². The van der Waals surface area contributed by atoms with Crippen molar-refractivity contribution >= 4 is 90.1 Å². The van der Waals surface area contributed by atoms with Crippen LogP contribution in [0.15, 0.2) is 297 Å². The van der Waals surface area contributed by atoms with E-state index in [1.807, 2.05) is 12.1 Å². The van der Waals surface area contributed by atoms with Crippen LogP contribution in [0.4, 0.5) is 68.2 Å². The molecule has 2 aliphatic rings. The zero-order valence-corrected chi connectivity index (χ0v) is 44.0. The Bertz CT molecular complexity index is 4060. The summed E-state index contributed by atoms with van der Waals surface area (Å²) in [6.45, 7) is 0. The Balaban J connectivity index is 0.830. The summed E-state index contributed by atoms with van der Waals surface area (Å²) in [6.07, 6.45) is 0. The van der Waals surface area contributed by atoms with Gasteiger partial charge >= 0.3 is 0 Å². The van der Waals surface area contributed by atoms with Crippen LogP contribution >= 0.6 is 0 Å². The lowest BCUT2D eigenvalue weighted by molar-refractivity contribution is 0.851. The van der Waals surface area contributed by atoms with Crippen molar-refractivity contribution in [2.75, 3.05) is 30.7 Å². The highest BCUT2D eigenvalue weighted by atomic mass is 15.7. The fourth-order valence-corrected chi connectivity index (χ4v) is 11.6. The third-order valence-electron chi connectivity index (χ3n) is 15.5. The number of nitrogens with one attached hydrogen (secondary N) is 4. The lowest BCUT2D eigenvalue weighted by atomic mass is 9.99. The van der Waals surface area contributed by atoms with E-state index in [2.05, 4.69) is 331 Å². The normalized spacial score (nSPS) is 12.5. The van der Waals surface area contributed by atoms with Crippen LogP contribution < -0.4 is 41.7 Å². The molecule has 3 heterocycles. The molecule has 0 fully saturated rings. The first-order valence-corrected chi connectivity index (χ1v) is 27.3. The van der Waals surface area contributed by atoms with Gasteiger partial charge in [-0.1, -0.05) is 146 Å². The minimum Gasteiger partial charge on any atom is -0.311 e. The number of anilines is 12. The van der Waals surface area contributed by atoms with Gasteiger partial charge in [0.15, 0.2) is 0 Å². The maximum atomic E-state index is 3.40. The second-order valence-corrected chi connectivity index (χ2v) is 20.4. The predicted molar refractivity (Wildman–Crippen MR) is 337 cm³/mol. The monoisotopic (exact) mass is 1040 g/mol. The van der Waals surface area contributed by atoms with Gasteiger partial charge < -0.3 is 25.2 Å². The number of hydrogen-bond donors (Lipinski definition) is 4. The number of benzene rings is 12. The van der Waals surface area contributed by atoms with Crippen LogP contribution in [0.1, 0.15) is 0 Å². The molecule has 0 amide bonds. The molecule has 12 aromatic carbocycles. The number of nitrogens with zero attached hydrogens (tertiary/aromatic N) is 5. The van der Waals surface area contributed by atoms with Crippen LogP contribution in [0, 0.1) is 0 Å². The molecule has 9 heteroatoms. The van der Waals surface area contributed by atoms with Crippen LogP contribution in [0.25, 0.3) is 60.9 Å². The van der Waals surface area contributed by atoms with E-state index in [1.165, 1.54) is 10.8 Å². The molecule has 9 nitrogen and oxygen atoms in total. The van der Waals surface area contributed by atoms with Gasteiger partial charge in [-0.05, 0) is 185 Å². The molecule has 386 valence electrons. The van der Waals surface area contributed by atoms with Crippen molar-refractivity contribution in [1.29, 1.82) is 0 Å². The number of para-hydroxylation sites is 8. The second-order valence-electron chi connectivity index (χ2n) is 20.4. The average molecular weight is 1040 g/mol. The molecule has 0 aliphatic carbocycles. The van der Waals surface area contributed by atoms with Crippen molar-refractivity contribution in [3.8, 4) is 39.1 Å². The molecule has 0 radical (unpaired) electrons. The van der Waals surface area contributed by atoms with Crippen molar-refractivity contribution in [3.05, 3.63) is 297 Å². The standard InChI is InChI=1S/C72H53N9/c1-5-17-56(18-6-1)77(57-19-7-2-8-20-57)60-37-29-50(30-38-60)53-35-43-69-65(47-53)66-48-54(51-31-39-61(40-32-51)78(58-21-9-3-10-22-58)59-23-11-4-12-24-59)36-44-70(66)79(69)62-41-33-52(34-42-62)55-45-63(80-71-27-15-13-25-67(71)73-75-80)49-64(46-55)81-72-28-16-14-26-68(72)74-76-81/h1-49,73-76H. The minimum atomic E-state index is 0.989. The SMILES string of the molecule is c1ccc(N(c2ccccc2)c2ccc(-c3ccc4c(c3)c3cc(-c5ccc(N(c6ccccc6)c6ccccc6)cc5)ccc3n4-c3ccc(-c4cc(N5NNc6ccccc65)cc(N5NNc6ccccc65)c4)cc3)cc2)cc1. The molecule has 81 heavy (non-hydrogen) atoms. The van der Waals surface area contributed by atoms with Gasteiger partial charge in [0.2, 0.25) is 0 Å². The zero-order chi connectivity index (χ0) is 53.6. The predicted octanol–water partition coefficient (Wildman–Crippen LogP) is 18.7. The Kier molecular flexibility index (Phi) is 11.8. The van der Waals surface area contributed by atoms with Crippen molar-refractivity contribution < 1.29 is 0 Å². The molecule has 15 rings (SSSR count). The lowest BCUT2D eigenvalue weighted by Crippen LogP contribution is -2.33. The van der Waals surface area contributed by atoms with E-state index in [1.54, 1.807) is 0 Å². The van der Waals surface area contributed by atoms with Gasteiger partial charge in [-0.3, -0.25) is 10.0 Å². The first-order chi connectivity index (χ1) is 40.1. The molecule has 4 N–H and O–H groups in total. The Morgan fingerprint density at radius 1 is 0.247 bits per heavy atom. The molecule has 0 saturated heterocycles. The molecular formula is C72H53N9. The number of hydrazine groups is 4. The van der Waals surface area contributed by atoms with Crippen LogP contribution in [0.2, 0.25) is 0 Å². The third-order valence-corrected chi connectivity index (χ3v) is 15.5. The summed E-state index contributed by atoms with van der Waals surface area (Å²) >= 11 is 0. The summed E-state index contributed by atoms with van der Waals surface area (Å²) in [5.74, 6) is 0. The van der Waals surface area contributed by atoms with Crippen molar-refractivity contribution in [2.24, 2.45) is 0 Å². The summed E-state index contributed by atoms with van der Waals surface area (Å²) in [5, 5.41) is 6.56. The maximum absolute atomic E-state index is 3.40. The van der Waals surface area contributed by atoms with Crippen LogP contribution in [-0.4, -0.2) is 4.57 Å². The molecule has 0 atom stereocenters. The largest absolute Gasteiger partial charge is 0.311 e. The minimum absolute atomic E-state index is 0.989. The smallest absolute Gasteiger partial charge is 0.0841 e. The summed E-state index contributed by atoms with van der Waals surface area (Å²) in [7, 11) is 0. The van der Waals surface area contributed by atoms with Gasteiger partial charge in [0.05, 0.1) is 45.2 Å². The summed E-state index contributed by atoms with van der Waals surface area (Å²) in [6, 6.07) is 106. The first kappa shape index (κ1) is 47.4. The van der Waals surface area contributed by atoms with Gasteiger partial charge in [-0.2, -0.15) is 0 Å². The lowest BCUT2D eigenvalue weighted by Gasteiger charge is -2.25. The summed E-state index contributed by atoms with van der Waals surface area (Å²) in [4.78, 5) is 4.61. The van der Waals surface area contributed by atoms with Crippen LogP contribution in [0.3, 0.4) is 0 Å². The van der Waals surface area contributed by atoms with Crippen molar-refractivity contribution in [1.82, 2.24) is 15.6 Å². The van der Waals surface area contributed by atoms with E-state index in [0.29, 0.717) is 0 Å².